The molecule has 0 radical (unpaired) electrons. The number of carbonyl (C=O) groups excluding carboxylic acids is 1. The minimum Gasteiger partial charge on any atom is -0.408 e. The van der Waals surface area contributed by atoms with E-state index in [0.29, 0.717) is 24.2 Å². The van der Waals surface area contributed by atoms with Crippen molar-refractivity contribution in [2.75, 3.05) is 26.2 Å². The Hall–Kier alpha value is -2.38. The van der Waals surface area contributed by atoms with E-state index in [4.69, 9.17) is 4.42 Å². The van der Waals surface area contributed by atoms with Crippen molar-refractivity contribution in [2.24, 2.45) is 0 Å². The van der Waals surface area contributed by atoms with Gasteiger partial charge in [0.1, 0.15) is 6.54 Å². The molecule has 0 N–H and O–H groups in total. The first-order valence-corrected chi connectivity index (χ1v) is 9.24. The number of aromatic nitrogens is 1. The summed E-state index contributed by atoms with van der Waals surface area (Å²) in [6.45, 7) is 4.03. The number of para-hydroxylation sites is 2. The Bertz CT molecular complexity index is 921. The number of thiophene rings is 1. The number of amides is 1. The van der Waals surface area contributed by atoms with Gasteiger partial charge in [0.2, 0.25) is 5.91 Å². The van der Waals surface area contributed by atoms with Crippen LogP contribution in [0.1, 0.15) is 5.56 Å². The average molecular weight is 357 g/mol. The van der Waals surface area contributed by atoms with Gasteiger partial charge < -0.3 is 9.32 Å². The topological polar surface area (TPSA) is 58.7 Å². The first kappa shape index (κ1) is 16.1. The lowest BCUT2D eigenvalue weighted by atomic mass is 10.2. The molecule has 25 heavy (non-hydrogen) atoms. The summed E-state index contributed by atoms with van der Waals surface area (Å²) in [5.41, 5.74) is 2.50. The molecule has 1 aliphatic rings. The normalized spacial score (nSPS) is 15.8. The summed E-state index contributed by atoms with van der Waals surface area (Å²) < 4.78 is 6.60. The molecule has 4 rings (SSSR count). The van der Waals surface area contributed by atoms with Crippen LogP contribution >= 0.6 is 11.3 Å². The van der Waals surface area contributed by atoms with Crippen molar-refractivity contribution in [3.63, 3.8) is 0 Å². The second-order valence-electron chi connectivity index (χ2n) is 6.21. The number of piperazine rings is 1. The van der Waals surface area contributed by atoms with Gasteiger partial charge in [0.25, 0.3) is 0 Å². The highest BCUT2D eigenvalue weighted by Gasteiger charge is 2.22. The van der Waals surface area contributed by atoms with Crippen LogP contribution in [0, 0.1) is 0 Å². The van der Waals surface area contributed by atoms with Crippen molar-refractivity contribution >= 4 is 28.3 Å². The molecule has 130 valence electrons. The lowest BCUT2D eigenvalue weighted by Gasteiger charge is -2.34. The van der Waals surface area contributed by atoms with E-state index in [1.165, 1.54) is 10.1 Å². The van der Waals surface area contributed by atoms with E-state index < -0.39 is 5.76 Å². The van der Waals surface area contributed by atoms with E-state index in [1.807, 2.05) is 17.0 Å². The second-order valence-corrected chi connectivity index (χ2v) is 6.99. The maximum absolute atomic E-state index is 12.6. The Balaban J connectivity index is 1.39. The maximum Gasteiger partial charge on any atom is 0.420 e. The molecule has 2 aromatic heterocycles. The van der Waals surface area contributed by atoms with E-state index in [2.05, 4.69) is 21.7 Å². The molecule has 0 atom stereocenters. The number of oxazole rings is 1. The highest BCUT2D eigenvalue weighted by molar-refractivity contribution is 7.07. The van der Waals surface area contributed by atoms with Gasteiger partial charge >= 0.3 is 5.76 Å². The van der Waals surface area contributed by atoms with E-state index in [1.54, 1.807) is 23.5 Å². The zero-order valence-electron chi connectivity index (χ0n) is 13.8. The molecule has 1 amide bonds. The summed E-state index contributed by atoms with van der Waals surface area (Å²) in [6, 6.07) is 9.32. The van der Waals surface area contributed by atoms with Crippen molar-refractivity contribution in [2.45, 2.75) is 13.1 Å². The van der Waals surface area contributed by atoms with Gasteiger partial charge in [0, 0.05) is 32.7 Å². The Morgan fingerprint density at radius 2 is 1.92 bits per heavy atom. The third kappa shape index (κ3) is 3.38. The van der Waals surface area contributed by atoms with Gasteiger partial charge in [-0.05, 0) is 34.5 Å². The Morgan fingerprint density at radius 1 is 1.12 bits per heavy atom. The van der Waals surface area contributed by atoms with Gasteiger partial charge in [-0.3, -0.25) is 14.3 Å². The number of benzene rings is 1. The van der Waals surface area contributed by atoms with Crippen LogP contribution in [0.4, 0.5) is 0 Å². The van der Waals surface area contributed by atoms with Crippen LogP contribution in [0.25, 0.3) is 11.1 Å². The number of hydrogen-bond donors (Lipinski definition) is 0. The molecule has 7 heteroatoms. The Morgan fingerprint density at radius 3 is 2.68 bits per heavy atom. The van der Waals surface area contributed by atoms with Crippen molar-refractivity contribution < 1.29 is 9.21 Å². The fraction of sp³-hybridized carbons (Fsp3) is 0.333. The van der Waals surface area contributed by atoms with Gasteiger partial charge in [0.15, 0.2) is 5.58 Å². The van der Waals surface area contributed by atoms with Crippen molar-refractivity contribution in [3.8, 4) is 0 Å². The Kier molecular flexibility index (Phi) is 4.42. The SMILES string of the molecule is O=C(Cn1c(=O)oc2ccccc21)N1CCN(Cc2ccsc2)CC1. The summed E-state index contributed by atoms with van der Waals surface area (Å²) in [5.74, 6) is -0.519. The predicted octanol–water partition coefficient (Wildman–Crippen LogP) is 2.00. The highest BCUT2D eigenvalue weighted by atomic mass is 32.1. The lowest BCUT2D eigenvalue weighted by molar-refractivity contribution is -0.133. The third-order valence-electron chi connectivity index (χ3n) is 4.58. The average Bonchev–Trinajstić information content (AvgIpc) is 3.24. The Labute approximate surface area is 148 Å². The first-order chi connectivity index (χ1) is 12.2. The zero-order chi connectivity index (χ0) is 17.2. The molecule has 0 spiro atoms. The smallest absolute Gasteiger partial charge is 0.408 e. The molecule has 3 heterocycles. The molecule has 0 unspecified atom stereocenters. The van der Waals surface area contributed by atoms with Gasteiger partial charge in [-0.15, -0.1) is 0 Å². The number of hydrogen-bond acceptors (Lipinski definition) is 5. The van der Waals surface area contributed by atoms with Crippen LogP contribution in [0.2, 0.25) is 0 Å². The first-order valence-electron chi connectivity index (χ1n) is 8.30. The molecule has 1 aliphatic heterocycles. The van der Waals surface area contributed by atoms with Crippen molar-refractivity contribution in [1.82, 2.24) is 14.4 Å². The fourth-order valence-corrected chi connectivity index (χ4v) is 3.85. The lowest BCUT2D eigenvalue weighted by Crippen LogP contribution is -2.49. The van der Waals surface area contributed by atoms with E-state index in [0.717, 1.165) is 19.6 Å². The predicted molar refractivity (Wildman–Crippen MR) is 96.7 cm³/mol. The van der Waals surface area contributed by atoms with Crippen LogP contribution in [0.15, 0.2) is 50.3 Å². The molecule has 1 aromatic carbocycles. The molecule has 0 saturated carbocycles. The summed E-state index contributed by atoms with van der Waals surface area (Å²) in [7, 11) is 0. The molecule has 6 nitrogen and oxygen atoms in total. The highest BCUT2D eigenvalue weighted by Crippen LogP contribution is 2.14. The molecular formula is C18H19N3O3S. The fourth-order valence-electron chi connectivity index (χ4n) is 3.20. The van der Waals surface area contributed by atoms with Crippen LogP contribution in [-0.4, -0.2) is 46.5 Å². The summed E-state index contributed by atoms with van der Waals surface area (Å²) >= 11 is 1.71. The minimum atomic E-state index is -0.481. The van der Waals surface area contributed by atoms with E-state index in [9.17, 15) is 9.59 Å². The zero-order valence-corrected chi connectivity index (χ0v) is 14.6. The van der Waals surface area contributed by atoms with Crippen molar-refractivity contribution in [1.29, 1.82) is 0 Å². The van der Waals surface area contributed by atoms with Crippen LogP contribution < -0.4 is 5.76 Å². The molecule has 0 bridgehead atoms. The quantitative estimate of drug-likeness (QED) is 0.717. The van der Waals surface area contributed by atoms with Gasteiger partial charge in [-0.2, -0.15) is 11.3 Å². The molecular weight excluding hydrogens is 338 g/mol. The number of fused-ring (bicyclic) bond motifs is 1. The van der Waals surface area contributed by atoms with Crippen molar-refractivity contribution in [3.05, 3.63) is 57.2 Å². The van der Waals surface area contributed by atoms with Gasteiger partial charge in [-0.25, -0.2) is 4.79 Å². The molecule has 0 aliphatic carbocycles. The molecule has 1 fully saturated rings. The molecule has 1 saturated heterocycles. The number of nitrogens with zero attached hydrogens (tertiary/aromatic N) is 3. The van der Waals surface area contributed by atoms with Crippen LogP contribution in [-0.2, 0) is 17.9 Å². The van der Waals surface area contributed by atoms with E-state index in [-0.39, 0.29) is 12.5 Å². The summed E-state index contributed by atoms with van der Waals surface area (Å²) in [4.78, 5) is 28.8. The van der Waals surface area contributed by atoms with E-state index >= 15 is 0 Å². The maximum atomic E-state index is 12.6. The minimum absolute atomic E-state index is 0.0282. The summed E-state index contributed by atoms with van der Waals surface area (Å²) in [5, 5.41) is 4.25. The standard InChI is InChI=1S/C18H19N3O3S/c22-17(12-21-15-3-1-2-4-16(15)24-18(21)23)20-8-6-19(7-9-20)11-14-5-10-25-13-14/h1-5,10,13H,6-9,11-12H2. The number of rotatable bonds is 4. The van der Waals surface area contributed by atoms with Crippen LogP contribution in [0.5, 0.6) is 0 Å². The van der Waals surface area contributed by atoms with Crippen LogP contribution in [0.3, 0.4) is 0 Å². The molecule has 3 aromatic rings. The van der Waals surface area contributed by atoms with Gasteiger partial charge in [-0.1, -0.05) is 12.1 Å². The number of carbonyl (C=O) groups is 1. The largest absolute Gasteiger partial charge is 0.420 e. The monoisotopic (exact) mass is 357 g/mol. The van der Waals surface area contributed by atoms with Gasteiger partial charge in [0.05, 0.1) is 5.52 Å². The summed E-state index contributed by atoms with van der Waals surface area (Å²) in [6.07, 6.45) is 0. The third-order valence-corrected chi connectivity index (χ3v) is 5.31. The second kappa shape index (κ2) is 6.85.